The van der Waals surface area contributed by atoms with Gasteiger partial charge in [-0.25, -0.2) is 9.79 Å². The number of carbonyl (C=O) groups excluding carboxylic acids is 1. The van der Waals surface area contributed by atoms with E-state index < -0.39 is 22.5 Å². The van der Waals surface area contributed by atoms with Gasteiger partial charge >= 0.3 is 5.97 Å². The minimum Gasteiger partial charge on any atom is -0.493 e. The minimum atomic E-state index is -0.883. The fourth-order valence-electron chi connectivity index (χ4n) is 4.86. The molecule has 0 bridgehead atoms. The number of aryl methyl sites for hydroxylation is 1. The Morgan fingerprint density at radius 3 is 2.56 bits per heavy atom. The molecule has 0 unspecified atom stereocenters. The maximum atomic E-state index is 14.0. The lowest BCUT2D eigenvalue weighted by Crippen LogP contribution is -2.40. The third-order valence-corrected chi connectivity index (χ3v) is 8.58. The molecule has 5 rings (SSSR count). The molecule has 3 heterocycles. The number of carbonyl (C=O) groups is 1. The van der Waals surface area contributed by atoms with Gasteiger partial charge in [0, 0.05) is 28.2 Å². The number of aromatic nitrogens is 1. The van der Waals surface area contributed by atoms with Gasteiger partial charge in [-0.2, -0.15) is 0 Å². The van der Waals surface area contributed by atoms with Crippen LogP contribution in [0.1, 0.15) is 36.8 Å². The molecular weight excluding hydrogens is 642 g/mol. The maximum Gasteiger partial charge on any atom is 0.338 e. The molecule has 1 atom stereocenters. The zero-order valence-corrected chi connectivity index (χ0v) is 26.2. The normalized spacial score (nSPS) is 14.7. The van der Waals surface area contributed by atoms with Crippen molar-refractivity contribution >= 4 is 45.0 Å². The molecule has 0 saturated carbocycles. The number of nitrogens with zero attached hydrogens (tertiary/aromatic N) is 3. The molecule has 0 aliphatic carbocycles. The molecule has 0 radical (unpaired) electrons. The van der Waals surface area contributed by atoms with Crippen molar-refractivity contribution in [3.63, 3.8) is 0 Å². The first-order valence-electron chi connectivity index (χ1n) is 13.0. The van der Waals surface area contributed by atoms with Gasteiger partial charge in [-0.05, 0) is 56.2 Å². The van der Waals surface area contributed by atoms with Crippen LogP contribution in [0.3, 0.4) is 0 Å². The van der Waals surface area contributed by atoms with Crippen molar-refractivity contribution in [2.45, 2.75) is 26.8 Å². The van der Waals surface area contributed by atoms with Crippen LogP contribution in [-0.4, -0.2) is 36.3 Å². The van der Waals surface area contributed by atoms with E-state index in [4.69, 9.17) is 18.6 Å². The van der Waals surface area contributed by atoms with Crippen molar-refractivity contribution in [3.8, 4) is 22.8 Å². The summed E-state index contributed by atoms with van der Waals surface area (Å²) >= 11 is 4.73. The third kappa shape index (κ3) is 5.53. The standard InChI is InChI=1S/C30H26BrN3O8S/c1-6-41-29(36)26-16(3)32-30-33(27(26)20-13-23(39-4)24(40-5)14-21(20)31)28(35)25(43-30)12-18-9-10-22(42-18)19-11-17(34(37)38)8-7-15(19)2/h7-14,27H,6H2,1-5H3/b25-12-/t27-/m0/s1. The summed E-state index contributed by atoms with van der Waals surface area (Å²) in [5.74, 6) is 1.09. The quantitative estimate of drug-likeness (QED) is 0.145. The van der Waals surface area contributed by atoms with E-state index in [9.17, 15) is 19.7 Å². The molecule has 0 amide bonds. The van der Waals surface area contributed by atoms with E-state index in [1.54, 1.807) is 50.3 Å². The van der Waals surface area contributed by atoms with Gasteiger partial charge in [-0.1, -0.05) is 33.3 Å². The number of hydrogen-bond donors (Lipinski definition) is 0. The average molecular weight is 669 g/mol. The first kappa shape index (κ1) is 30.0. The van der Waals surface area contributed by atoms with Crippen LogP contribution in [-0.2, 0) is 9.53 Å². The molecule has 0 spiro atoms. The van der Waals surface area contributed by atoms with Crippen LogP contribution in [0.5, 0.6) is 11.5 Å². The highest BCUT2D eigenvalue weighted by Crippen LogP contribution is 2.41. The number of esters is 1. The summed E-state index contributed by atoms with van der Waals surface area (Å²) in [6, 6.07) is 10.5. The molecule has 11 nitrogen and oxygen atoms in total. The number of nitro benzene ring substituents is 1. The lowest BCUT2D eigenvalue weighted by molar-refractivity contribution is -0.384. The van der Waals surface area contributed by atoms with Crippen LogP contribution < -0.4 is 24.4 Å². The molecule has 1 aliphatic rings. The number of furan rings is 1. The zero-order valence-electron chi connectivity index (χ0n) is 23.8. The number of hydrogen-bond acceptors (Lipinski definition) is 10. The van der Waals surface area contributed by atoms with Crippen molar-refractivity contribution in [2.75, 3.05) is 20.8 Å². The second-order valence-electron chi connectivity index (χ2n) is 9.49. The number of ether oxygens (including phenoxy) is 3. The largest absolute Gasteiger partial charge is 0.493 e. The highest BCUT2D eigenvalue weighted by molar-refractivity contribution is 9.10. The zero-order chi connectivity index (χ0) is 31.0. The Labute approximate surface area is 257 Å². The number of allylic oxidation sites excluding steroid dienone is 1. The summed E-state index contributed by atoms with van der Waals surface area (Å²) in [5.41, 5.74) is 2.13. The van der Waals surface area contributed by atoms with E-state index in [-0.39, 0.29) is 17.9 Å². The summed E-state index contributed by atoms with van der Waals surface area (Å²) < 4.78 is 24.7. The van der Waals surface area contributed by atoms with Crippen molar-refractivity contribution in [3.05, 3.63) is 105 Å². The SMILES string of the molecule is CCOC(=O)C1=C(C)N=c2s/c(=C\c3ccc(-c4cc([N+](=O)[O-])ccc4C)o3)c(=O)n2[C@H]1c1cc(OC)c(OC)cc1Br. The number of rotatable bonds is 8. The second-order valence-corrected chi connectivity index (χ2v) is 11.4. The summed E-state index contributed by atoms with van der Waals surface area (Å²) in [6.45, 7) is 5.38. The Bertz CT molecular complexity index is 1990. The topological polar surface area (TPSA) is 135 Å². The Hall–Kier alpha value is -4.49. The fraction of sp³-hybridized carbons (Fsp3) is 0.233. The van der Waals surface area contributed by atoms with Gasteiger partial charge in [-0.3, -0.25) is 19.5 Å². The molecule has 2 aromatic heterocycles. The Kier molecular flexibility index (Phi) is 8.38. The first-order chi connectivity index (χ1) is 20.6. The molecule has 222 valence electrons. The van der Waals surface area contributed by atoms with Crippen LogP contribution in [0, 0.1) is 17.0 Å². The molecule has 2 aromatic carbocycles. The van der Waals surface area contributed by atoms with Crippen molar-refractivity contribution in [1.29, 1.82) is 0 Å². The summed E-state index contributed by atoms with van der Waals surface area (Å²) in [4.78, 5) is 43.0. The predicted molar refractivity (Wildman–Crippen MR) is 163 cm³/mol. The summed E-state index contributed by atoms with van der Waals surface area (Å²) in [7, 11) is 3.02. The predicted octanol–water partition coefficient (Wildman–Crippen LogP) is 5.05. The number of thiazole rings is 1. The molecule has 4 aromatic rings. The van der Waals surface area contributed by atoms with E-state index >= 15 is 0 Å². The van der Waals surface area contributed by atoms with Gasteiger partial charge in [-0.15, -0.1) is 0 Å². The van der Waals surface area contributed by atoms with Gasteiger partial charge in [0.1, 0.15) is 11.5 Å². The Morgan fingerprint density at radius 1 is 1.16 bits per heavy atom. The van der Waals surface area contributed by atoms with Gasteiger partial charge < -0.3 is 18.6 Å². The molecule has 0 N–H and O–H groups in total. The van der Waals surface area contributed by atoms with Gasteiger partial charge in [0.05, 0.1) is 47.6 Å². The minimum absolute atomic E-state index is 0.0547. The average Bonchev–Trinajstić information content (AvgIpc) is 3.56. The number of nitro groups is 1. The summed E-state index contributed by atoms with van der Waals surface area (Å²) in [5, 5.41) is 11.3. The van der Waals surface area contributed by atoms with Crippen LogP contribution in [0.4, 0.5) is 5.69 Å². The maximum absolute atomic E-state index is 14.0. The number of halogens is 1. The van der Waals surface area contributed by atoms with Crippen LogP contribution >= 0.6 is 27.3 Å². The molecular formula is C30H26BrN3O8S. The lowest BCUT2D eigenvalue weighted by Gasteiger charge is -2.26. The highest BCUT2D eigenvalue weighted by atomic mass is 79.9. The third-order valence-electron chi connectivity index (χ3n) is 6.91. The molecule has 43 heavy (non-hydrogen) atoms. The smallest absolute Gasteiger partial charge is 0.338 e. The van der Waals surface area contributed by atoms with Gasteiger partial charge in [0.15, 0.2) is 16.3 Å². The molecule has 0 saturated heterocycles. The van der Waals surface area contributed by atoms with Crippen LogP contribution in [0.2, 0.25) is 0 Å². The van der Waals surface area contributed by atoms with Crippen molar-refractivity contribution < 1.29 is 28.3 Å². The van der Waals surface area contributed by atoms with E-state index in [0.717, 1.165) is 16.9 Å². The lowest BCUT2D eigenvalue weighted by atomic mass is 9.95. The van der Waals surface area contributed by atoms with E-state index in [2.05, 4.69) is 20.9 Å². The summed E-state index contributed by atoms with van der Waals surface area (Å²) in [6.07, 6.45) is 1.59. The number of non-ortho nitro benzene ring substituents is 1. The van der Waals surface area contributed by atoms with Crippen LogP contribution in [0.15, 0.2) is 72.4 Å². The van der Waals surface area contributed by atoms with Gasteiger partial charge in [0.2, 0.25) is 0 Å². The Balaban J connectivity index is 1.67. The van der Waals surface area contributed by atoms with E-state index in [0.29, 0.717) is 53.6 Å². The number of benzene rings is 2. The molecule has 0 fully saturated rings. The van der Waals surface area contributed by atoms with E-state index in [1.165, 1.54) is 30.9 Å². The van der Waals surface area contributed by atoms with Crippen molar-refractivity contribution in [1.82, 2.24) is 4.57 Å². The van der Waals surface area contributed by atoms with Gasteiger partial charge in [0.25, 0.3) is 11.2 Å². The molecule has 13 heteroatoms. The Morgan fingerprint density at radius 2 is 1.88 bits per heavy atom. The van der Waals surface area contributed by atoms with E-state index in [1.807, 2.05) is 6.92 Å². The first-order valence-corrected chi connectivity index (χ1v) is 14.6. The monoisotopic (exact) mass is 667 g/mol. The number of methoxy groups -OCH3 is 2. The fourth-order valence-corrected chi connectivity index (χ4v) is 6.42. The number of fused-ring (bicyclic) bond motifs is 1. The van der Waals surface area contributed by atoms with Crippen LogP contribution in [0.25, 0.3) is 17.4 Å². The molecule has 1 aliphatic heterocycles. The second kappa shape index (κ2) is 12.0. The highest BCUT2D eigenvalue weighted by Gasteiger charge is 2.35. The van der Waals surface area contributed by atoms with Crippen molar-refractivity contribution in [2.24, 2.45) is 4.99 Å².